The first kappa shape index (κ1) is 24.6. The quantitative estimate of drug-likeness (QED) is 0.591. The van der Waals surface area contributed by atoms with Crippen LogP contribution < -0.4 is 20.1 Å². The summed E-state index contributed by atoms with van der Waals surface area (Å²) in [6, 6.07) is 12.5. The minimum absolute atomic E-state index is 0.260. The minimum atomic E-state index is -1.31. The van der Waals surface area contributed by atoms with Crippen molar-refractivity contribution in [3.8, 4) is 11.5 Å². The molecule has 2 unspecified atom stereocenters. The summed E-state index contributed by atoms with van der Waals surface area (Å²) >= 11 is 0. The molecular formula is C27H33N3O5. The smallest absolute Gasteiger partial charge is 0.325 e. The Balaban J connectivity index is 1.42. The van der Waals surface area contributed by atoms with Crippen LogP contribution in [-0.2, 0) is 21.5 Å². The number of hydrogen-bond acceptors (Lipinski definition) is 5. The van der Waals surface area contributed by atoms with E-state index in [1.807, 2.05) is 19.1 Å². The Morgan fingerprint density at radius 2 is 1.74 bits per heavy atom. The van der Waals surface area contributed by atoms with Crippen molar-refractivity contribution in [2.45, 2.75) is 52.1 Å². The largest absolute Gasteiger partial charge is 0.490 e. The number of imide groups is 1. The van der Waals surface area contributed by atoms with Gasteiger partial charge in [0.15, 0.2) is 11.5 Å². The number of nitrogens with zero attached hydrogens (tertiary/aromatic N) is 1. The van der Waals surface area contributed by atoms with Crippen LogP contribution in [0.1, 0.15) is 56.8 Å². The number of amides is 4. The first-order chi connectivity index (χ1) is 16.7. The van der Waals surface area contributed by atoms with Gasteiger partial charge in [0, 0.05) is 6.42 Å². The predicted octanol–water partition coefficient (Wildman–Crippen LogP) is 3.69. The minimum Gasteiger partial charge on any atom is -0.490 e. The van der Waals surface area contributed by atoms with Crippen molar-refractivity contribution in [1.29, 1.82) is 0 Å². The van der Waals surface area contributed by atoms with Crippen molar-refractivity contribution in [2.24, 2.45) is 5.92 Å². The molecule has 8 heteroatoms. The second kappa shape index (κ2) is 9.98. The molecule has 4 amide bonds. The summed E-state index contributed by atoms with van der Waals surface area (Å²) in [6.07, 6.45) is 1.76. The van der Waals surface area contributed by atoms with Gasteiger partial charge in [-0.05, 0) is 55.0 Å². The fourth-order valence-corrected chi connectivity index (χ4v) is 4.44. The molecule has 0 aromatic heterocycles. The van der Waals surface area contributed by atoms with Crippen LogP contribution in [-0.4, -0.2) is 42.5 Å². The molecule has 2 atom stereocenters. The predicted molar refractivity (Wildman–Crippen MR) is 131 cm³/mol. The van der Waals surface area contributed by atoms with Crippen LogP contribution in [0.3, 0.4) is 0 Å². The molecule has 2 aromatic rings. The average molecular weight is 480 g/mol. The lowest BCUT2D eigenvalue weighted by Crippen LogP contribution is -2.43. The van der Waals surface area contributed by atoms with E-state index in [4.69, 9.17) is 9.47 Å². The van der Waals surface area contributed by atoms with Crippen molar-refractivity contribution < 1.29 is 23.9 Å². The topological polar surface area (TPSA) is 97.0 Å². The van der Waals surface area contributed by atoms with Gasteiger partial charge in [0.2, 0.25) is 5.91 Å². The molecule has 2 aliphatic heterocycles. The van der Waals surface area contributed by atoms with Crippen LogP contribution in [0, 0.1) is 5.92 Å². The molecule has 0 radical (unpaired) electrons. The Bertz CT molecular complexity index is 1110. The molecule has 1 fully saturated rings. The van der Waals surface area contributed by atoms with E-state index in [9.17, 15) is 14.4 Å². The van der Waals surface area contributed by atoms with Crippen LogP contribution >= 0.6 is 0 Å². The lowest BCUT2D eigenvalue weighted by Gasteiger charge is -2.23. The van der Waals surface area contributed by atoms with Gasteiger partial charge in [-0.2, -0.15) is 0 Å². The molecule has 4 rings (SSSR count). The maximum absolute atomic E-state index is 13.3. The van der Waals surface area contributed by atoms with E-state index in [0.29, 0.717) is 36.2 Å². The van der Waals surface area contributed by atoms with Crippen molar-refractivity contribution in [3.05, 3.63) is 59.2 Å². The molecule has 0 spiro atoms. The lowest BCUT2D eigenvalue weighted by atomic mass is 9.91. The third-order valence-corrected chi connectivity index (χ3v) is 6.40. The number of hydrogen-bond donors (Lipinski definition) is 2. The summed E-state index contributed by atoms with van der Waals surface area (Å²) in [6.45, 7) is 8.57. The monoisotopic (exact) mass is 479 g/mol. The zero-order valence-corrected chi connectivity index (χ0v) is 20.7. The maximum atomic E-state index is 13.3. The van der Waals surface area contributed by atoms with Crippen LogP contribution in [0.2, 0.25) is 0 Å². The number of carbonyl (C=O) groups is 3. The Morgan fingerprint density at radius 1 is 1.06 bits per heavy atom. The van der Waals surface area contributed by atoms with E-state index < -0.39 is 23.4 Å². The molecule has 0 bridgehead atoms. The van der Waals surface area contributed by atoms with Gasteiger partial charge < -0.3 is 20.1 Å². The Kier molecular flexibility index (Phi) is 7.00. The number of nitrogens with one attached hydrogen (secondary N) is 2. The van der Waals surface area contributed by atoms with E-state index >= 15 is 0 Å². The molecular weight excluding hydrogens is 446 g/mol. The van der Waals surface area contributed by atoms with Crippen LogP contribution in [0.15, 0.2) is 42.5 Å². The standard InChI is InChI=1S/C27H33N3O5/c1-17(2)14-19-6-8-20(9-7-19)18(3)28-24(31)16-30-25(32)27(4,29-26(30)33)21-10-11-22-23(15-21)35-13-5-12-34-22/h6-11,15,17-18H,5,12-14,16H2,1-4H3,(H,28,31)(H,29,33). The van der Waals surface area contributed by atoms with Gasteiger partial charge in [-0.15, -0.1) is 0 Å². The van der Waals surface area contributed by atoms with Gasteiger partial charge >= 0.3 is 6.03 Å². The Morgan fingerprint density at radius 3 is 2.43 bits per heavy atom. The highest BCUT2D eigenvalue weighted by Gasteiger charge is 2.49. The van der Waals surface area contributed by atoms with Crippen molar-refractivity contribution in [1.82, 2.24) is 15.5 Å². The Hall–Kier alpha value is -3.55. The lowest BCUT2D eigenvalue weighted by molar-refractivity contribution is -0.135. The first-order valence-electron chi connectivity index (χ1n) is 12.1. The summed E-state index contributed by atoms with van der Waals surface area (Å²) < 4.78 is 11.4. The van der Waals surface area contributed by atoms with Crippen LogP contribution in [0.5, 0.6) is 11.5 Å². The van der Waals surface area contributed by atoms with Crippen LogP contribution in [0.25, 0.3) is 0 Å². The third-order valence-electron chi connectivity index (χ3n) is 6.40. The van der Waals surface area contributed by atoms with Gasteiger partial charge in [-0.3, -0.25) is 14.5 Å². The maximum Gasteiger partial charge on any atom is 0.325 e. The van der Waals surface area contributed by atoms with Gasteiger partial charge in [0.05, 0.1) is 19.3 Å². The van der Waals surface area contributed by atoms with E-state index in [1.54, 1.807) is 25.1 Å². The summed E-state index contributed by atoms with van der Waals surface area (Å²) in [5, 5.41) is 5.63. The molecule has 2 aliphatic rings. The fraction of sp³-hybridized carbons (Fsp3) is 0.444. The van der Waals surface area contributed by atoms with Crippen molar-refractivity contribution >= 4 is 17.8 Å². The summed E-state index contributed by atoms with van der Waals surface area (Å²) in [7, 11) is 0. The van der Waals surface area contributed by atoms with E-state index in [0.717, 1.165) is 23.3 Å². The van der Waals surface area contributed by atoms with E-state index in [2.05, 4.69) is 36.6 Å². The number of fused-ring (bicyclic) bond motifs is 1. The molecule has 2 heterocycles. The number of benzene rings is 2. The van der Waals surface area contributed by atoms with E-state index in [1.165, 1.54) is 5.56 Å². The highest BCUT2D eigenvalue weighted by atomic mass is 16.5. The molecule has 8 nitrogen and oxygen atoms in total. The molecule has 0 saturated carbocycles. The number of ether oxygens (including phenoxy) is 2. The second-order valence-corrected chi connectivity index (χ2v) is 9.79. The summed E-state index contributed by atoms with van der Waals surface area (Å²) in [5.41, 5.74) is 1.47. The molecule has 1 saturated heterocycles. The summed E-state index contributed by atoms with van der Waals surface area (Å²) in [5.74, 6) is 0.814. The highest BCUT2D eigenvalue weighted by Crippen LogP contribution is 2.36. The number of urea groups is 1. The third kappa shape index (κ3) is 5.26. The molecule has 2 aromatic carbocycles. The van der Waals surface area contributed by atoms with Gasteiger partial charge in [0.1, 0.15) is 12.1 Å². The zero-order valence-electron chi connectivity index (χ0n) is 20.7. The molecule has 186 valence electrons. The first-order valence-corrected chi connectivity index (χ1v) is 12.1. The SMILES string of the molecule is CC(C)Cc1ccc(C(C)NC(=O)CN2C(=O)NC(C)(c3ccc4c(c3)OCCCO4)C2=O)cc1. The van der Waals surface area contributed by atoms with Gasteiger partial charge in [0.25, 0.3) is 5.91 Å². The van der Waals surface area contributed by atoms with Crippen LogP contribution in [0.4, 0.5) is 4.79 Å². The zero-order chi connectivity index (χ0) is 25.2. The van der Waals surface area contributed by atoms with Crippen molar-refractivity contribution in [2.75, 3.05) is 19.8 Å². The second-order valence-electron chi connectivity index (χ2n) is 9.79. The van der Waals surface area contributed by atoms with Gasteiger partial charge in [-0.25, -0.2) is 4.79 Å². The number of rotatable bonds is 7. The summed E-state index contributed by atoms with van der Waals surface area (Å²) in [4.78, 5) is 39.7. The normalized spacial score (nSPS) is 20.4. The highest BCUT2D eigenvalue weighted by molar-refractivity contribution is 6.09. The molecule has 0 aliphatic carbocycles. The fourth-order valence-electron chi connectivity index (χ4n) is 4.44. The average Bonchev–Trinajstić information content (AvgIpc) is 2.97. The van der Waals surface area contributed by atoms with Gasteiger partial charge in [-0.1, -0.05) is 44.2 Å². The Labute approximate surface area is 206 Å². The van der Waals surface area contributed by atoms with E-state index in [-0.39, 0.29) is 12.6 Å². The number of carbonyl (C=O) groups excluding carboxylic acids is 3. The van der Waals surface area contributed by atoms with Crippen molar-refractivity contribution in [3.63, 3.8) is 0 Å². The molecule has 2 N–H and O–H groups in total. The molecule has 35 heavy (non-hydrogen) atoms.